The average molecular weight is 289 g/mol. The first-order valence-corrected chi connectivity index (χ1v) is 8.13. The van der Waals surface area contributed by atoms with Crippen LogP contribution in [0.25, 0.3) is 0 Å². The molecule has 0 aromatic heterocycles. The van der Waals surface area contributed by atoms with Crippen LogP contribution in [-0.2, 0) is 9.59 Å². The third kappa shape index (κ3) is 3.28. The first kappa shape index (κ1) is 16.0. The smallest absolute Gasteiger partial charge is 0.260 e. The molecular weight excluding hydrogens is 262 g/mol. The van der Waals surface area contributed by atoms with Crippen LogP contribution in [-0.4, -0.2) is 22.8 Å². The number of hydrogen-bond acceptors (Lipinski definition) is 2. The highest BCUT2D eigenvalue weighted by Gasteiger charge is 2.50. The Morgan fingerprint density at radius 2 is 1.67 bits per heavy atom. The zero-order valence-electron chi connectivity index (χ0n) is 13.7. The van der Waals surface area contributed by atoms with E-state index >= 15 is 0 Å². The molecule has 2 rings (SSSR count). The summed E-state index contributed by atoms with van der Waals surface area (Å²) in [6, 6.07) is 0.144. The van der Waals surface area contributed by atoms with Gasteiger partial charge in [0.25, 0.3) is 5.91 Å². The molecule has 2 fully saturated rings. The summed E-state index contributed by atoms with van der Waals surface area (Å²) in [5.41, 5.74) is 2.74. The monoisotopic (exact) mass is 289 g/mol. The fourth-order valence-corrected chi connectivity index (χ4v) is 3.41. The lowest BCUT2D eigenvalue weighted by Gasteiger charge is -2.47. The van der Waals surface area contributed by atoms with Gasteiger partial charge in [0.1, 0.15) is 0 Å². The summed E-state index contributed by atoms with van der Waals surface area (Å²) in [6.45, 7) is 7.83. The van der Waals surface area contributed by atoms with Crippen LogP contribution in [0.3, 0.4) is 0 Å². The Bertz CT molecular complexity index is 493. The summed E-state index contributed by atoms with van der Waals surface area (Å²) >= 11 is 0. The largest absolute Gasteiger partial charge is 0.274 e. The number of fused-ring (bicyclic) bond motifs is 1. The number of hydrogen-bond donors (Lipinski definition) is 0. The van der Waals surface area contributed by atoms with Crippen LogP contribution in [0.15, 0.2) is 22.8 Å². The Balaban J connectivity index is 2.20. The molecule has 2 atom stereocenters. The SMILES string of the molecule is CC(C)=CC(C(=O)N1C(=O)C2CCCCCCC21)=C(C)C. The van der Waals surface area contributed by atoms with E-state index in [4.69, 9.17) is 0 Å². The van der Waals surface area contributed by atoms with Crippen molar-refractivity contribution >= 4 is 11.8 Å². The number of nitrogens with zero attached hydrogens (tertiary/aromatic N) is 1. The summed E-state index contributed by atoms with van der Waals surface area (Å²) in [7, 11) is 0. The topological polar surface area (TPSA) is 37.4 Å². The van der Waals surface area contributed by atoms with Crippen molar-refractivity contribution in [1.29, 1.82) is 0 Å². The second-order valence-corrected chi connectivity index (χ2v) is 6.81. The third-order valence-electron chi connectivity index (χ3n) is 4.54. The number of allylic oxidation sites excluding steroid dienone is 2. The second-order valence-electron chi connectivity index (χ2n) is 6.81. The number of carbonyl (C=O) groups excluding carboxylic acids is 2. The minimum Gasteiger partial charge on any atom is -0.274 e. The van der Waals surface area contributed by atoms with Gasteiger partial charge in [0.2, 0.25) is 5.91 Å². The van der Waals surface area contributed by atoms with E-state index in [0.717, 1.165) is 36.8 Å². The van der Waals surface area contributed by atoms with Gasteiger partial charge >= 0.3 is 0 Å². The lowest BCUT2D eigenvalue weighted by Crippen LogP contribution is -2.63. The lowest BCUT2D eigenvalue weighted by atomic mass is 9.78. The van der Waals surface area contributed by atoms with E-state index in [-0.39, 0.29) is 23.8 Å². The molecule has 1 saturated heterocycles. The van der Waals surface area contributed by atoms with Gasteiger partial charge in [-0.15, -0.1) is 0 Å². The number of β-lactam (4-membered cyclic amide) rings is 1. The van der Waals surface area contributed by atoms with Crippen molar-refractivity contribution in [2.24, 2.45) is 5.92 Å². The van der Waals surface area contributed by atoms with Crippen LogP contribution in [0.4, 0.5) is 0 Å². The molecule has 2 amide bonds. The van der Waals surface area contributed by atoms with Crippen molar-refractivity contribution in [2.75, 3.05) is 0 Å². The summed E-state index contributed by atoms with van der Waals surface area (Å²) in [5, 5.41) is 0. The minimum absolute atomic E-state index is 0.0489. The van der Waals surface area contributed by atoms with Gasteiger partial charge in [-0.2, -0.15) is 0 Å². The molecule has 0 N–H and O–H groups in total. The highest BCUT2D eigenvalue weighted by Crippen LogP contribution is 2.37. The summed E-state index contributed by atoms with van der Waals surface area (Å²) in [5.74, 6) is 0.0511. The van der Waals surface area contributed by atoms with Crippen LogP contribution in [0, 0.1) is 5.92 Å². The predicted octanol–water partition coefficient (Wildman–Crippen LogP) is 4.00. The molecule has 3 nitrogen and oxygen atoms in total. The standard InChI is InChI=1S/C18H27NO2/c1-12(2)11-15(13(3)4)18(21)19-16-10-8-6-5-7-9-14(16)17(19)20/h11,14,16H,5-10H2,1-4H3. The zero-order valence-corrected chi connectivity index (χ0v) is 13.7. The molecule has 21 heavy (non-hydrogen) atoms. The van der Waals surface area contributed by atoms with Gasteiger partial charge in [-0.25, -0.2) is 0 Å². The molecule has 3 heteroatoms. The molecule has 1 heterocycles. The number of imide groups is 1. The van der Waals surface area contributed by atoms with Crippen molar-refractivity contribution in [3.63, 3.8) is 0 Å². The van der Waals surface area contributed by atoms with Gasteiger partial charge in [0.05, 0.1) is 12.0 Å². The molecule has 1 aliphatic carbocycles. The van der Waals surface area contributed by atoms with Crippen molar-refractivity contribution in [1.82, 2.24) is 4.90 Å². The molecule has 2 aliphatic rings. The molecule has 0 radical (unpaired) electrons. The summed E-state index contributed by atoms with van der Waals surface area (Å²) in [6.07, 6.45) is 8.54. The molecular formula is C18H27NO2. The maximum Gasteiger partial charge on any atom is 0.260 e. The highest BCUT2D eigenvalue weighted by atomic mass is 16.2. The van der Waals surface area contributed by atoms with Crippen LogP contribution < -0.4 is 0 Å². The summed E-state index contributed by atoms with van der Waals surface area (Å²) in [4.78, 5) is 26.7. The highest BCUT2D eigenvalue weighted by molar-refractivity contribution is 6.10. The van der Waals surface area contributed by atoms with Gasteiger partial charge in [-0.05, 0) is 40.5 Å². The number of carbonyl (C=O) groups is 2. The number of rotatable bonds is 2. The normalized spacial score (nSPS) is 25.1. The van der Waals surface area contributed by atoms with Crippen LogP contribution in [0.2, 0.25) is 0 Å². The molecule has 1 saturated carbocycles. The quantitative estimate of drug-likeness (QED) is 0.438. The minimum atomic E-state index is -0.0944. The second kappa shape index (κ2) is 6.59. The van der Waals surface area contributed by atoms with Crippen molar-refractivity contribution < 1.29 is 9.59 Å². The molecule has 0 spiro atoms. The predicted molar refractivity (Wildman–Crippen MR) is 84.6 cm³/mol. The zero-order chi connectivity index (χ0) is 15.6. The van der Waals surface area contributed by atoms with Gasteiger partial charge in [-0.3, -0.25) is 14.5 Å². The Morgan fingerprint density at radius 1 is 1.05 bits per heavy atom. The van der Waals surface area contributed by atoms with Gasteiger partial charge in [0.15, 0.2) is 0 Å². The fraction of sp³-hybridized carbons (Fsp3) is 0.667. The number of amides is 2. The van der Waals surface area contributed by atoms with Crippen molar-refractivity contribution in [3.05, 3.63) is 22.8 Å². The van der Waals surface area contributed by atoms with Crippen LogP contribution in [0.5, 0.6) is 0 Å². The molecule has 116 valence electrons. The lowest BCUT2D eigenvalue weighted by molar-refractivity contribution is -0.165. The van der Waals surface area contributed by atoms with E-state index < -0.39 is 0 Å². The maximum absolute atomic E-state index is 12.8. The van der Waals surface area contributed by atoms with Crippen LogP contribution in [0.1, 0.15) is 66.2 Å². The first-order chi connectivity index (χ1) is 9.93. The van der Waals surface area contributed by atoms with Crippen molar-refractivity contribution in [3.8, 4) is 0 Å². The Hall–Kier alpha value is -1.38. The van der Waals surface area contributed by atoms with E-state index in [0.29, 0.717) is 5.57 Å². The van der Waals surface area contributed by atoms with E-state index in [1.807, 2.05) is 33.8 Å². The van der Waals surface area contributed by atoms with Gasteiger partial charge < -0.3 is 0 Å². The van der Waals surface area contributed by atoms with E-state index in [1.54, 1.807) is 0 Å². The first-order valence-electron chi connectivity index (χ1n) is 8.13. The molecule has 1 aliphatic heterocycles. The fourth-order valence-electron chi connectivity index (χ4n) is 3.41. The van der Waals surface area contributed by atoms with Gasteiger partial charge in [-0.1, -0.05) is 42.9 Å². The maximum atomic E-state index is 12.8. The number of likely N-dealkylation sites (tertiary alicyclic amines) is 1. The van der Waals surface area contributed by atoms with E-state index in [1.165, 1.54) is 17.7 Å². The Morgan fingerprint density at radius 3 is 2.24 bits per heavy atom. The molecule has 0 aromatic carbocycles. The Labute approximate surface area is 128 Å². The molecule has 0 aromatic rings. The Kier molecular flexibility index (Phi) is 5.02. The van der Waals surface area contributed by atoms with Crippen LogP contribution >= 0.6 is 0 Å². The average Bonchev–Trinajstić information content (AvgIpc) is 2.38. The van der Waals surface area contributed by atoms with E-state index in [2.05, 4.69) is 0 Å². The molecule has 2 unspecified atom stereocenters. The molecule has 0 bridgehead atoms. The van der Waals surface area contributed by atoms with E-state index in [9.17, 15) is 9.59 Å². The summed E-state index contributed by atoms with van der Waals surface area (Å²) < 4.78 is 0. The van der Waals surface area contributed by atoms with Crippen molar-refractivity contribution in [2.45, 2.75) is 72.3 Å². The van der Waals surface area contributed by atoms with Gasteiger partial charge in [0, 0.05) is 5.57 Å². The third-order valence-corrected chi connectivity index (χ3v) is 4.54.